The van der Waals surface area contributed by atoms with Crippen LogP contribution in [0.5, 0.6) is 0 Å². The zero-order chi connectivity index (χ0) is 24.1. The van der Waals surface area contributed by atoms with Crippen LogP contribution in [0.1, 0.15) is 40.2 Å². The minimum absolute atomic E-state index is 0.0893. The number of amides is 3. The molecule has 0 aliphatic carbocycles. The lowest BCUT2D eigenvalue weighted by Crippen LogP contribution is -2.44. The van der Waals surface area contributed by atoms with Crippen LogP contribution in [-0.2, 0) is 9.59 Å². The van der Waals surface area contributed by atoms with Crippen LogP contribution in [0.25, 0.3) is 0 Å². The van der Waals surface area contributed by atoms with E-state index in [4.69, 9.17) is 11.6 Å². The Kier molecular flexibility index (Phi) is 7.23. The summed E-state index contributed by atoms with van der Waals surface area (Å²) in [6.45, 7) is 0.325. The van der Waals surface area contributed by atoms with Crippen LogP contribution in [0, 0.1) is 5.82 Å². The van der Waals surface area contributed by atoms with Crippen molar-refractivity contribution in [2.45, 2.75) is 24.8 Å². The maximum absolute atomic E-state index is 13.4. The van der Waals surface area contributed by atoms with Crippen molar-refractivity contribution in [2.75, 3.05) is 11.9 Å². The van der Waals surface area contributed by atoms with Crippen molar-refractivity contribution in [3.8, 4) is 0 Å². The van der Waals surface area contributed by atoms with Gasteiger partial charge in [0, 0.05) is 17.5 Å². The molecule has 1 aliphatic heterocycles. The van der Waals surface area contributed by atoms with Crippen molar-refractivity contribution in [3.63, 3.8) is 0 Å². The van der Waals surface area contributed by atoms with Crippen molar-refractivity contribution in [1.82, 2.24) is 10.6 Å². The zero-order valence-corrected chi connectivity index (χ0v) is 18.9. The zero-order valence-electron chi connectivity index (χ0n) is 18.2. The van der Waals surface area contributed by atoms with E-state index in [2.05, 4.69) is 16.0 Å². The number of hydrogen-bond acceptors (Lipinski definition) is 3. The standard InChI is InChI=1S/C26H23ClFN3O3/c27-18-9-5-16(6-10-18)20(17-7-11-19(28)12-8-17)13-14-29-24(32)15-23-26(34)30-22-4-2-1-3-21(22)25(33)31-23/h1-12,20,23H,13-15H2,(H,29,32)(H,30,34)(H,31,33)/t20-,23-/m0/s1. The van der Waals surface area contributed by atoms with Crippen molar-refractivity contribution in [2.24, 2.45) is 0 Å². The molecule has 0 unspecified atom stereocenters. The molecule has 174 valence electrons. The summed E-state index contributed by atoms with van der Waals surface area (Å²) in [4.78, 5) is 37.5. The first-order valence-electron chi connectivity index (χ1n) is 10.9. The molecule has 3 aromatic carbocycles. The van der Waals surface area contributed by atoms with Crippen molar-refractivity contribution in [3.05, 3.63) is 100 Å². The molecule has 0 saturated heterocycles. The van der Waals surface area contributed by atoms with E-state index in [1.165, 1.54) is 12.1 Å². The monoisotopic (exact) mass is 479 g/mol. The van der Waals surface area contributed by atoms with Crippen LogP contribution < -0.4 is 16.0 Å². The van der Waals surface area contributed by atoms with Gasteiger partial charge in [0.15, 0.2) is 0 Å². The van der Waals surface area contributed by atoms with Crippen molar-refractivity contribution < 1.29 is 18.8 Å². The summed E-state index contributed by atoms with van der Waals surface area (Å²) in [5.41, 5.74) is 2.66. The maximum atomic E-state index is 13.4. The molecule has 4 rings (SSSR count). The molecule has 3 N–H and O–H groups in total. The highest BCUT2D eigenvalue weighted by molar-refractivity contribution is 6.30. The van der Waals surface area contributed by atoms with E-state index >= 15 is 0 Å². The number of hydrogen-bond donors (Lipinski definition) is 3. The van der Waals surface area contributed by atoms with Crippen LogP contribution in [-0.4, -0.2) is 30.3 Å². The van der Waals surface area contributed by atoms with Gasteiger partial charge in [0.25, 0.3) is 5.91 Å². The molecule has 0 fully saturated rings. The molecule has 6 nitrogen and oxygen atoms in total. The molecular weight excluding hydrogens is 457 g/mol. The first-order valence-corrected chi connectivity index (χ1v) is 11.3. The van der Waals surface area contributed by atoms with Gasteiger partial charge in [0.1, 0.15) is 11.9 Å². The predicted molar refractivity (Wildman–Crippen MR) is 128 cm³/mol. The third kappa shape index (κ3) is 5.61. The number of nitrogens with one attached hydrogen (secondary N) is 3. The molecule has 0 aromatic heterocycles. The Morgan fingerprint density at radius 2 is 1.62 bits per heavy atom. The van der Waals surface area contributed by atoms with Gasteiger partial charge in [-0.05, 0) is 53.9 Å². The highest BCUT2D eigenvalue weighted by Crippen LogP contribution is 2.29. The SMILES string of the molecule is O=C(C[C@@H]1NC(=O)c2ccccc2NC1=O)NCC[C@H](c1ccc(F)cc1)c1ccc(Cl)cc1. The summed E-state index contributed by atoms with van der Waals surface area (Å²) in [5.74, 6) is -1.63. The molecule has 3 amide bonds. The van der Waals surface area contributed by atoms with Gasteiger partial charge in [-0.3, -0.25) is 14.4 Å². The molecule has 0 radical (unpaired) electrons. The molecule has 8 heteroatoms. The Bertz CT molecular complexity index is 1150. The fourth-order valence-corrected chi connectivity index (χ4v) is 4.11. The highest BCUT2D eigenvalue weighted by atomic mass is 35.5. The average Bonchev–Trinajstić information content (AvgIpc) is 2.94. The molecule has 0 spiro atoms. The molecular formula is C26H23ClFN3O3. The first kappa shape index (κ1) is 23.4. The molecule has 0 bridgehead atoms. The van der Waals surface area contributed by atoms with E-state index in [-0.39, 0.29) is 24.1 Å². The summed E-state index contributed by atoms with van der Waals surface area (Å²) in [7, 11) is 0. The normalized spacial score (nSPS) is 16.0. The van der Waals surface area contributed by atoms with Gasteiger partial charge in [0.2, 0.25) is 11.8 Å². The summed E-state index contributed by atoms with van der Waals surface area (Å²) >= 11 is 6.02. The van der Waals surface area contributed by atoms with Crippen LogP contribution in [0.2, 0.25) is 5.02 Å². The minimum Gasteiger partial charge on any atom is -0.356 e. The number of anilines is 1. The second-order valence-corrected chi connectivity index (χ2v) is 8.50. The Balaban J connectivity index is 1.38. The Morgan fingerprint density at radius 3 is 2.32 bits per heavy atom. The van der Waals surface area contributed by atoms with Gasteiger partial charge in [-0.1, -0.05) is 48.0 Å². The Hall–Kier alpha value is -3.71. The fraction of sp³-hybridized carbons (Fsp3) is 0.192. The lowest BCUT2D eigenvalue weighted by Gasteiger charge is -2.19. The van der Waals surface area contributed by atoms with Gasteiger partial charge in [-0.25, -0.2) is 4.39 Å². The third-order valence-electron chi connectivity index (χ3n) is 5.74. The number of fused-ring (bicyclic) bond motifs is 1. The summed E-state index contributed by atoms with van der Waals surface area (Å²) in [6, 6.07) is 19.3. The van der Waals surface area contributed by atoms with Gasteiger partial charge in [-0.15, -0.1) is 0 Å². The largest absolute Gasteiger partial charge is 0.356 e. The second-order valence-electron chi connectivity index (χ2n) is 8.06. The van der Waals surface area contributed by atoms with E-state index in [1.807, 2.05) is 12.1 Å². The molecule has 0 saturated carbocycles. The number of halogens is 2. The summed E-state index contributed by atoms with van der Waals surface area (Å²) in [6.07, 6.45) is 0.362. The lowest BCUT2D eigenvalue weighted by molar-refractivity contribution is -0.125. The number of benzene rings is 3. The lowest BCUT2D eigenvalue weighted by atomic mass is 9.88. The van der Waals surface area contributed by atoms with Crippen molar-refractivity contribution >= 4 is 35.0 Å². The highest BCUT2D eigenvalue weighted by Gasteiger charge is 2.29. The Labute approximate surface area is 201 Å². The van der Waals surface area contributed by atoms with Crippen molar-refractivity contribution in [1.29, 1.82) is 0 Å². The third-order valence-corrected chi connectivity index (χ3v) is 5.99. The van der Waals surface area contributed by atoms with Gasteiger partial charge >= 0.3 is 0 Å². The average molecular weight is 480 g/mol. The molecule has 3 aromatic rings. The second kappa shape index (κ2) is 10.5. The van der Waals surface area contributed by atoms with Crippen LogP contribution >= 0.6 is 11.6 Å². The molecule has 34 heavy (non-hydrogen) atoms. The van der Waals surface area contributed by atoms with E-state index in [9.17, 15) is 18.8 Å². The molecule has 1 heterocycles. The predicted octanol–water partition coefficient (Wildman–Crippen LogP) is 4.26. The number of carbonyl (C=O) groups excluding carboxylic acids is 3. The topological polar surface area (TPSA) is 87.3 Å². The van der Waals surface area contributed by atoms with Crippen LogP contribution in [0.3, 0.4) is 0 Å². The van der Waals surface area contributed by atoms with Crippen LogP contribution in [0.15, 0.2) is 72.8 Å². The van der Waals surface area contributed by atoms with E-state index in [0.717, 1.165) is 11.1 Å². The van der Waals surface area contributed by atoms with Crippen LogP contribution in [0.4, 0.5) is 10.1 Å². The minimum atomic E-state index is -0.982. The quantitative estimate of drug-likeness (QED) is 0.473. The fourth-order valence-electron chi connectivity index (χ4n) is 3.98. The number of para-hydroxylation sites is 1. The number of carbonyl (C=O) groups is 3. The molecule has 2 atom stereocenters. The van der Waals surface area contributed by atoms with E-state index in [1.54, 1.807) is 48.5 Å². The number of rotatable bonds is 7. The Morgan fingerprint density at radius 1 is 0.971 bits per heavy atom. The van der Waals surface area contributed by atoms with E-state index in [0.29, 0.717) is 29.2 Å². The van der Waals surface area contributed by atoms with Gasteiger partial charge in [0.05, 0.1) is 17.7 Å². The smallest absolute Gasteiger partial charge is 0.254 e. The van der Waals surface area contributed by atoms with E-state index < -0.39 is 17.9 Å². The van der Waals surface area contributed by atoms with Gasteiger partial charge in [-0.2, -0.15) is 0 Å². The molecule has 1 aliphatic rings. The summed E-state index contributed by atoms with van der Waals surface area (Å²) in [5, 5.41) is 8.75. The van der Waals surface area contributed by atoms with Gasteiger partial charge < -0.3 is 16.0 Å². The first-order chi connectivity index (χ1) is 16.4. The summed E-state index contributed by atoms with van der Waals surface area (Å²) < 4.78 is 13.4. The maximum Gasteiger partial charge on any atom is 0.254 e.